The molecular formula is C12H21N3O. The molecule has 1 aromatic heterocycles. The molecule has 1 rings (SSSR count). The molecule has 4 nitrogen and oxygen atoms in total. The van der Waals surface area contributed by atoms with Crippen molar-refractivity contribution in [2.24, 2.45) is 7.05 Å². The summed E-state index contributed by atoms with van der Waals surface area (Å²) in [7, 11) is 1.90. The fraction of sp³-hybridized carbons (Fsp3) is 0.667. The highest BCUT2D eigenvalue weighted by Gasteiger charge is 2.17. The molecule has 0 fully saturated rings. The zero-order valence-electron chi connectivity index (χ0n) is 11.0. The number of aryl methyl sites for hydroxylation is 2. The highest BCUT2D eigenvalue weighted by atomic mass is 16.1. The first kappa shape index (κ1) is 12.7. The van der Waals surface area contributed by atoms with Gasteiger partial charge in [-0.3, -0.25) is 9.48 Å². The molecule has 0 saturated carbocycles. The SMILES string of the molecule is Cc1nn(C)c(C)c1CC(=O)NC(C)(C)C. The number of aromatic nitrogens is 2. The van der Waals surface area contributed by atoms with Crippen LogP contribution in [0, 0.1) is 13.8 Å². The molecule has 0 bridgehead atoms. The summed E-state index contributed by atoms with van der Waals surface area (Å²) in [4.78, 5) is 11.8. The largest absolute Gasteiger partial charge is 0.351 e. The zero-order valence-corrected chi connectivity index (χ0v) is 11.0. The van der Waals surface area contributed by atoms with E-state index in [1.165, 1.54) is 0 Å². The predicted octanol–water partition coefficient (Wildman–Crippen LogP) is 1.49. The molecule has 90 valence electrons. The van der Waals surface area contributed by atoms with Gasteiger partial charge >= 0.3 is 0 Å². The van der Waals surface area contributed by atoms with E-state index in [9.17, 15) is 4.79 Å². The Bertz CT molecular complexity index is 399. The third-order valence-corrected chi connectivity index (χ3v) is 2.51. The van der Waals surface area contributed by atoms with Crippen LogP contribution < -0.4 is 5.32 Å². The van der Waals surface area contributed by atoms with E-state index in [0.29, 0.717) is 6.42 Å². The number of nitrogens with one attached hydrogen (secondary N) is 1. The second-order valence-electron chi connectivity index (χ2n) is 5.25. The number of carbonyl (C=O) groups excluding carboxylic acids is 1. The molecule has 1 aromatic rings. The van der Waals surface area contributed by atoms with Gasteiger partial charge in [0.1, 0.15) is 0 Å². The number of hydrogen-bond donors (Lipinski definition) is 1. The molecule has 4 heteroatoms. The van der Waals surface area contributed by atoms with Crippen molar-refractivity contribution in [2.75, 3.05) is 0 Å². The van der Waals surface area contributed by atoms with E-state index < -0.39 is 0 Å². The molecule has 0 saturated heterocycles. The first-order valence-corrected chi connectivity index (χ1v) is 5.51. The third-order valence-electron chi connectivity index (χ3n) is 2.51. The maximum absolute atomic E-state index is 11.8. The van der Waals surface area contributed by atoms with E-state index in [0.717, 1.165) is 17.0 Å². The Labute approximate surface area is 97.0 Å². The first-order valence-electron chi connectivity index (χ1n) is 5.51. The monoisotopic (exact) mass is 223 g/mol. The normalized spacial score (nSPS) is 11.6. The van der Waals surface area contributed by atoms with Crippen molar-refractivity contribution >= 4 is 5.91 Å². The summed E-state index contributed by atoms with van der Waals surface area (Å²) in [5.41, 5.74) is 2.84. The zero-order chi connectivity index (χ0) is 12.5. The van der Waals surface area contributed by atoms with Gasteiger partial charge in [-0.05, 0) is 34.6 Å². The van der Waals surface area contributed by atoms with Gasteiger partial charge in [0.15, 0.2) is 0 Å². The van der Waals surface area contributed by atoms with Gasteiger partial charge in [0, 0.05) is 23.8 Å². The number of carbonyl (C=O) groups is 1. The van der Waals surface area contributed by atoms with Gasteiger partial charge in [-0.1, -0.05) is 0 Å². The summed E-state index contributed by atoms with van der Waals surface area (Å²) >= 11 is 0. The van der Waals surface area contributed by atoms with Gasteiger partial charge in [0.25, 0.3) is 0 Å². The highest BCUT2D eigenvalue weighted by Crippen LogP contribution is 2.13. The van der Waals surface area contributed by atoms with Crippen molar-refractivity contribution in [3.63, 3.8) is 0 Å². The molecule has 0 aromatic carbocycles. The van der Waals surface area contributed by atoms with Crippen LogP contribution in [-0.2, 0) is 18.3 Å². The molecular weight excluding hydrogens is 202 g/mol. The molecule has 0 spiro atoms. The Morgan fingerprint density at radius 3 is 2.31 bits per heavy atom. The van der Waals surface area contributed by atoms with Gasteiger partial charge in [-0.25, -0.2) is 0 Å². The molecule has 0 aliphatic rings. The molecule has 0 aliphatic carbocycles. The lowest BCUT2D eigenvalue weighted by atomic mass is 10.1. The van der Waals surface area contributed by atoms with Crippen LogP contribution >= 0.6 is 0 Å². The summed E-state index contributed by atoms with van der Waals surface area (Å²) in [5, 5.41) is 7.25. The number of nitrogens with zero attached hydrogens (tertiary/aromatic N) is 2. The molecule has 0 atom stereocenters. The maximum atomic E-state index is 11.8. The van der Waals surface area contributed by atoms with Crippen molar-refractivity contribution in [3.05, 3.63) is 17.0 Å². The number of hydrogen-bond acceptors (Lipinski definition) is 2. The minimum Gasteiger partial charge on any atom is -0.351 e. The molecule has 16 heavy (non-hydrogen) atoms. The lowest BCUT2D eigenvalue weighted by Crippen LogP contribution is -2.41. The first-order chi connectivity index (χ1) is 7.20. The van der Waals surface area contributed by atoms with Crippen molar-refractivity contribution < 1.29 is 4.79 Å². The van der Waals surface area contributed by atoms with Gasteiger partial charge in [0.2, 0.25) is 5.91 Å². The minimum absolute atomic E-state index is 0.0479. The molecule has 1 amide bonds. The van der Waals surface area contributed by atoms with Crippen LogP contribution in [0.25, 0.3) is 0 Å². The van der Waals surface area contributed by atoms with Gasteiger partial charge in [0.05, 0.1) is 12.1 Å². The second kappa shape index (κ2) is 4.28. The summed E-state index contributed by atoms with van der Waals surface area (Å²) in [6.45, 7) is 9.86. The molecule has 0 radical (unpaired) electrons. The van der Waals surface area contributed by atoms with Crippen LogP contribution in [0.3, 0.4) is 0 Å². The lowest BCUT2D eigenvalue weighted by Gasteiger charge is -2.20. The van der Waals surface area contributed by atoms with Crippen LogP contribution in [0.5, 0.6) is 0 Å². The quantitative estimate of drug-likeness (QED) is 0.825. The second-order valence-corrected chi connectivity index (χ2v) is 5.25. The Morgan fingerprint density at radius 1 is 1.38 bits per heavy atom. The Kier molecular flexibility index (Phi) is 3.41. The Balaban J connectivity index is 2.78. The standard InChI is InChI=1S/C12H21N3O/c1-8-10(9(2)15(6)14-8)7-11(16)13-12(3,4)5/h7H2,1-6H3,(H,13,16). The summed E-state index contributed by atoms with van der Waals surface area (Å²) in [6.07, 6.45) is 0.406. The van der Waals surface area contributed by atoms with E-state index >= 15 is 0 Å². The number of rotatable bonds is 2. The van der Waals surface area contributed by atoms with Gasteiger partial charge in [-0.15, -0.1) is 0 Å². The van der Waals surface area contributed by atoms with Crippen LogP contribution in [0.15, 0.2) is 0 Å². The summed E-state index contributed by atoms with van der Waals surface area (Å²) in [6, 6.07) is 0. The molecule has 1 heterocycles. The van der Waals surface area contributed by atoms with Gasteiger partial charge in [-0.2, -0.15) is 5.10 Å². The van der Waals surface area contributed by atoms with Crippen LogP contribution in [0.1, 0.15) is 37.7 Å². The van der Waals surface area contributed by atoms with E-state index in [1.54, 1.807) is 0 Å². The van der Waals surface area contributed by atoms with E-state index in [-0.39, 0.29) is 11.4 Å². The van der Waals surface area contributed by atoms with Crippen molar-refractivity contribution in [3.8, 4) is 0 Å². The van der Waals surface area contributed by atoms with E-state index in [4.69, 9.17) is 0 Å². The highest BCUT2D eigenvalue weighted by molar-refractivity contribution is 5.79. The fourth-order valence-electron chi connectivity index (χ4n) is 1.70. The maximum Gasteiger partial charge on any atom is 0.224 e. The van der Waals surface area contributed by atoms with Crippen LogP contribution in [0.4, 0.5) is 0 Å². The van der Waals surface area contributed by atoms with Crippen molar-refractivity contribution in [2.45, 2.75) is 46.6 Å². The average Bonchev–Trinajstić information content (AvgIpc) is 2.29. The summed E-state index contributed by atoms with van der Waals surface area (Å²) in [5.74, 6) is 0.0479. The van der Waals surface area contributed by atoms with E-state index in [1.807, 2.05) is 46.3 Å². The van der Waals surface area contributed by atoms with Crippen LogP contribution in [-0.4, -0.2) is 21.2 Å². The van der Waals surface area contributed by atoms with Crippen molar-refractivity contribution in [1.29, 1.82) is 0 Å². The molecule has 1 N–H and O–H groups in total. The smallest absolute Gasteiger partial charge is 0.224 e. The predicted molar refractivity (Wildman–Crippen MR) is 64.3 cm³/mol. The molecule has 0 unspecified atom stereocenters. The summed E-state index contributed by atoms with van der Waals surface area (Å²) < 4.78 is 1.81. The Hall–Kier alpha value is -1.32. The average molecular weight is 223 g/mol. The van der Waals surface area contributed by atoms with E-state index in [2.05, 4.69) is 10.4 Å². The number of amides is 1. The minimum atomic E-state index is -0.179. The molecule has 0 aliphatic heterocycles. The fourth-order valence-corrected chi connectivity index (χ4v) is 1.70. The lowest BCUT2D eigenvalue weighted by molar-refractivity contribution is -0.121. The Morgan fingerprint density at radius 2 is 1.94 bits per heavy atom. The third kappa shape index (κ3) is 3.08. The van der Waals surface area contributed by atoms with Crippen molar-refractivity contribution in [1.82, 2.24) is 15.1 Å². The topological polar surface area (TPSA) is 46.9 Å². The van der Waals surface area contributed by atoms with Gasteiger partial charge < -0.3 is 5.32 Å². The van der Waals surface area contributed by atoms with Crippen LogP contribution in [0.2, 0.25) is 0 Å².